The summed E-state index contributed by atoms with van der Waals surface area (Å²) in [4.78, 5) is 20.2. The number of pyridine rings is 2. The molecule has 1 unspecified atom stereocenters. The molecule has 0 aliphatic rings. The molecular weight excluding hydrogens is 354 g/mol. The van der Waals surface area contributed by atoms with Gasteiger partial charge in [0.25, 0.3) is 5.56 Å². The highest BCUT2D eigenvalue weighted by Gasteiger charge is 2.17. The number of nitrogens with one attached hydrogen (secondary N) is 2. The highest BCUT2D eigenvalue weighted by Crippen LogP contribution is 2.36. The van der Waals surface area contributed by atoms with E-state index in [0.29, 0.717) is 5.92 Å². The third kappa shape index (κ3) is 2.97. The first-order chi connectivity index (χ1) is 13.0. The first kappa shape index (κ1) is 17.9. The number of thiophene rings is 1. The van der Waals surface area contributed by atoms with Gasteiger partial charge in [-0.3, -0.25) is 9.78 Å². The second kappa shape index (κ2) is 6.91. The number of nitrogens with zero attached hydrogens (tertiary/aromatic N) is 1. The van der Waals surface area contributed by atoms with Crippen LogP contribution < -0.4 is 10.9 Å². The Labute approximate surface area is 162 Å². The lowest BCUT2D eigenvalue weighted by molar-refractivity contribution is 0.678. The van der Waals surface area contributed by atoms with Crippen molar-refractivity contribution >= 4 is 32.3 Å². The molecular formula is C22H23N3OS. The number of likely N-dealkylation sites (N-methyl/N-ethyl adjacent to an activating group) is 1. The summed E-state index contributed by atoms with van der Waals surface area (Å²) in [6.45, 7) is 7.17. The molecule has 1 atom stereocenters. The molecule has 0 radical (unpaired) electrons. The minimum Gasteiger partial charge on any atom is -0.319 e. The van der Waals surface area contributed by atoms with Crippen LogP contribution in [0.5, 0.6) is 0 Å². The molecule has 3 heterocycles. The number of aromatic amines is 1. The van der Waals surface area contributed by atoms with Crippen LogP contribution in [-0.4, -0.2) is 23.6 Å². The van der Waals surface area contributed by atoms with Crippen LogP contribution in [0.1, 0.15) is 29.8 Å². The Bertz CT molecular complexity index is 1190. The molecule has 0 amide bonds. The highest BCUT2D eigenvalue weighted by atomic mass is 32.1. The Morgan fingerprint density at radius 2 is 1.89 bits per heavy atom. The third-order valence-electron chi connectivity index (χ3n) is 5.22. The van der Waals surface area contributed by atoms with E-state index in [1.807, 2.05) is 32.3 Å². The lowest BCUT2D eigenvalue weighted by Crippen LogP contribution is -2.14. The van der Waals surface area contributed by atoms with Crippen LogP contribution in [0.3, 0.4) is 0 Å². The van der Waals surface area contributed by atoms with Crippen molar-refractivity contribution < 1.29 is 0 Å². The van der Waals surface area contributed by atoms with Crippen molar-refractivity contribution in [2.24, 2.45) is 0 Å². The fourth-order valence-corrected chi connectivity index (χ4v) is 4.68. The number of H-pyrrole nitrogens is 1. The number of hydrogen-bond acceptors (Lipinski definition) is 4. The van der Waals surface area contributed by atoms with Gasteiger partial charge in [0.05, 0.1) is 11.2 Å². The van der Waals surface area contributed by atoms with Crippen molar-refractivity contribution in [1.29, 1.82) is 0 Å². The molecule has 5 heteroatoms. The van der Waals surface area contributed by atoms with Crippen molar-refractivity contribution in [3.05, 3.63) is 63.0 Å². The average molecular weight is 378 g/mol. The summed E-state index contributed by atoms with van der Waals surface area (Å²) in [5.41, 5.74) is 6.17. The van der Waals surface area contributed by atoms with E-state index >= 15 is 0 Å². The molecule has 1 aromatic carbocycles. The summed E-state index contributed by atoms with van der Waals surface area (Å²) in [5, 5.41) is 7.31. The van der Waals surface area contributed by atoms with E-state index in [1.54, 1.807) is 0 Å². The maximum Gasteiger partial charge on any atom is 0.266 e. The second-order valence-electron chi connectivity index (χ2n) is 7.11. The van der Waals surface area contributed by atoms with E-state index in [9.17, 15) is 4.79 Å². The summed E-state index contributed by atoms with van der Waals surface area (Å²) in [5.74, 6) is 0.456. The van der Waals surface area contributed by atoms with E-state index in [-0.39, 0.29) is 5.56 Å². The van der Waals surface area contributed by atoms with Gasteiger partial charge < -0.3 is 10.3 Å². The number of benzene rings is 1. The molecule has 4 aromatic rings. The monoisotopic (exact) mass is 377 g/mol. The summed E-state index contributed by atoms with van der Waals surface area (Å²) in [7, 11) is 1.98. The lowest BCUT2D eigenvalue weighted by Gasteiger charge is -2.15. The minimum absolute atomic E-state index is 0.0385. The molecule has 4 nitrogen and oxygen atoms in total. The van der Waals surface area contributed by atoms with Gasteiger partial charge in [0.1, 0.15) is 4.70 Å². The smallest absolute Gasteiger partial charge is 0.266 e. The molecule has 0 fully saturated rings. The second-order valence-corrected chi connectivity index (χ2v) is 8.02. The maximum absolute atomic E-state index is 12.4. The third-order valence-corrected chi connectivity index (χ3v) is 6.13. The van der Waals surface area contributed by atoms with E-state index in [2.05, 4.69) is 41.5 Å². The Morgan fingerprint density at radius 3 is 2.59 bits per heavy atom. The van der Waals surface area contributed by atoms with Crippen molar-refractivity contribution in [1.82, 2.24) is 15.3 Å². The Kier molecular flexibility index (Phi) is 4.58. The fraction of sp³-hybridized carbons (Fsp3) is 0.273. The zero-order valence-corrected chi connectivity index (χ0v) is 16.8. The fourth-order valence-electron chi connectivity index (χ4n) is 3.88. The predicted molar refractivity (Wildman–Crippen MR) is 115 cm³/mol. The molecule has 0 aliphatic heterocycles. The summed E-state index contributed by atoms with van der Waals surface area (Å²) in [6, 6.07) is 10.8. The van der Waals surface area contributed by atoms with Crippen molar-refractivity contribution in [3.63, 3.8) is 0 Å². The molecule has 0 bridgehead atoms. The van der Waals surface area contributed by atoms with Gasteiger partial charge in [-0.05, 0) is 49.4 Å². The quantitative estimate of drug-likeness (QED) is 0.540. The Morgan fingerprint density at radius 1 is 1.15 bits per heavy atom. The Balaban J connectivity index is 1.99. The molecule has 2 N–H and O–H groups in total. The van der Waals surface area contributed by atoms with Crippen LogP contribution in [0.2, 0.25) is 0 Å². The summed E-state index contributed by atoms with van der Waals surface area (Å²) in [6.07, 6.45) is 0. The molecule has 3 aromatic heterocycles. The molecule has 0 spiro atoms. The number of aryl methyl sites for hydroxylation is 2. The van der Waals surface area contributed by atoms with Crippen LogP contribution in [0.15, 0.2) is 40.5 Å². The van der Waals surface area contributed by atoms with E-state index in [0.717, 1.165) is 50.0 Å². The van der Waals surface area contributed by atoms with Crippen LogP contribution in [0, 0.1) is 13.8 Å². The minimum atomic E-state index is -0.0385. The maximum atomic E-state index is 12.4. The van der Waals surface area contributed by atoms with Crippen LogP contribution in [-0.2, 0) is 0 Å². The van der Waals surface area contributed by atoms with E-state index in [4.69, 9.17) is 4.98 Å². The van der Waals surface area contributed by atoms with Crippen molar-refractivity contribution in [2.45, 2.75) is 26.7 Å². The number of hydrogen-bond donors (Lipinski definition) is 2. The van der Waals surface area contributed by atoms with Gasteiger partial charge in [-0.2, -0.15) is 0 Å². The molecule has 0 saturated heterocycles. The molecule has 0 aliphatic carbocycles. The van der Waals surface area contributed by atoms with Gasteiger partial charge in [-0.25, -0.2) is 0 Å². The van der Waals surface area contributed by atoms with Gasteiger partial charge in [0.2, 0.25) is 0 Å². The molecule has 27 heavy (non-hydrogen) atoms. The summed E-state index contributed by atoms with van der Waals surface area (Å²) < 4.78 is 0.771. The highest BCUT2D eigenvalue weighted by molar-refractivity contribution is 7.17. The average Bonchev–Trinajstić information content (AvgIpc) is 3.14. The molecule has 138 valence electrons. The predicted octanol–water partition coefficient (Wildman–Crippen LogP) is 4.74. The van der Waals surface area contributed by atoms with Crippen LogP contribution in [0.25, 0.3) is 32.1 Å². The normalized spacial score (nSPS) is 12.7. The lowest BCUT2D eigenvalue weighted by atomic mass is 9.93. The first-order valence-electron chi connectivity index (χ1n) is 9.16. The summed E-state index contributed by atoms with van der Waals surface area (Å²) >= 11 is 1.49. The number of rotatable bonds is 4. The first-order valence-corrected chi connectivity index (χ1v) is 10.0. The molecule has 0 saturated carbocycles. The Hall–Kier alpha value is -2.50. The van der Waals surface area contributed by atoms with Crippen molar-refractivity contribution in [3.8, 4) is 11.1 Å². The standard InChI is InChI=1S/C22H23N3OS/c1-12(11-23-4)15-5-7-16(8-6-15)18-13(2)24-14(3)20-19(18)17-9-10-27-21(17)22(26)25-20/h5-10,12,23H,11H2,1-4H3,(H,25,26). The van der Waals surface area contributed by atoms with Gasteiger partial charge in [-0.1, -0.05) is 31.2 Å². The number of fused-ring (bicyclic) bond motifs is 3. The zero-order valence-electron chi connectivity index (χ0n) is 16.0. The molecule has 4 rings (SSSR count). The van der Waals surface area contributed by atoms with Crippen LogP contribution >= 0.6 is 11.3 Å². The van der Waals surface area contributed by atoms with Gasteiger partial charge in [0.15, 0.2) is 0 Å². The topological polar surface area (TPSA) is 57.8 Å². The van der Waals surface area contributed by atoms with Crippen molar-refractivity contribution in [2.75, 3.05) is 13.6 Å². The SMILES string of the molecule is CNCC(C)c1ccc(-c2c(C)nc(C)c3[nH]c(=O)c4sccc4c23)cc1. The van der Waals surface area contributed by atoms with Gasteiger partial charge in [-0.15, -0.1) is 11.3 Å². The van der Waals surface area contributed by atoms with Crippen LogP contribution in [0.4, 0.5) is 0 Å². The van der Waals surface area contributed by atoms with E-state index < -0.39 is 0 Å². The number of aromatic nitrogens is 2. The van der Waals surface area contributed by atoms with Gasteiger partial charge in [0, 0.05) is 28.6 Å². The largest absolute Gasteiger partial charge is 0.319 e. The van der Waals surface area contributed by atoms with Gasteiger partial charge >= 0.3 is 0 Å². The zero-order chi connectivity index (χ0) is 19.1. The van der Waals surface area contributed by atoms with E-state index in [1.165, 1.54) is 16.9 Å².